The highest BCUT2D eigenvalue weighted by molar-refractivity contribution is 6.13. The molecule has 1 fully saturated rings. The topological polar surface area (TPSA) is 121 Å². The number of anilines is 2. The highest BCUT2D eigenvalue weighted by Crippen LogP contribution is 2.44. The Balaban J connectivity index is 1.75. The van der Waals surface area contributed by atoms with Crippen LogP contribution in [0.4, 0.5) is 20.3 Å². The van der Waals surface area contributed by atoms with E-state index in [9.17, 15) is 19.5 Å². The van der Waals surface area contributed by atoms with Crippen molar-refractivity contribution in [1.82, 2.24) is 19.4 Å². The maximum Gasteiger partial charge on any atom is 0.354 e. The van der Waals surface area contributed by atoms with E-state index in [-0.39, 0.29) is 52.9 Å². The first-order chi connectivity index (χ1) is 20.9. The van der Waals surface area contributed by atoms with Crippen molar-refractivity contribution in [1.29, 1.82) is 0 Å². The molecule has 12 heteroatoms. The van der Waals surface area contributed by atoms with Crippen LogP contribution in [-0.2, 0) is 9.59 Å². The minimum Gasteiger partial charge on any atom is -0.507 e. The number of phenols is 1. The monoisotopic (exact) mass is 600 g/mol. The number of phenolic OH excluding ortho intramolecular Hbond substituents is 1. The van der Waals surface area contributed by atoms with Crippen molar-refractivity contribution in [3.8, 4) is 22.6 Å². The minimum atomic E-state index is -1.02. The summed E-state index contributed by atoms with van der Waals surface area (Å²) in [7, 11) is 0. The number of carbonyl (C=O) groups is 2. The summed E-state index contributed by atoms with van der Waals surface area (Å²) in [5, 5.41) is 13.4. The van der Waals surface area contributed by atoms with Gasteiger partial charge in [0, 0.05) is 24.3 Å². The molecule has 226 valence electrons. The predicted molar refractivity (Wildman–Crippen MR) is 162 cm³/mol. The van der Waals surface area contributed by atoms with Crippen LogP contribution in [0, 0.1) is 18.6 Å². The zero-order valence-corrected chi connectivity index (χ0v) is 24.6. The Morgan fingerprint density at radius 2 is 1.95 bits per heavy atom. The molecule has 4 aromatic rings. The van der Waals surface area contributed by atoms with Gasteiger partial charge in [-0.2, -0.15) is 4.98 Å². The summed E-state index contributed by atoms with van der Waals surface area (Å²) in [5.74, 6) is -3.54. The van der Waals surface area contributed by atoms with Gasteiger partial charge in [-0.05, 0) is 55.7 Å². The van der Waals surface area contributed by atoms with E-state index in [0.717, 1.165) is 12.1 Å². The molecule has 2 aliphatic heterocycles. The van der Waals surface area contributed by atoms with Crippen LogP contribution in [0.1, 0.15) is 37.9 Å². The molecule has 6 rings (SSSR count). The number of pyridine rings is 1. The van der Waals surface area contributed by atoms with Crippen molar-refractivity contribution in [3.63, 3.8) is 0 Å². The first-order valence-electron chi connectivity index (χ1n) is 14.2. The van der Waals surface area contributed by atoms with E-state index < -0.39 is 46.6 Å². The number of amides is 2. The second-order valence-corrected chi connectivity index (χ2v) is 11.4. The summed E-state index contributed by atoms with van der Waals surface area (Å²) in [5.41, 5.74) is -0.0243. The van der Waals surface area contributed by atoms with Crippen molar-refractivity contribution in [3.05, 3.63) is 82.6 Å². The SMILES string of the molecule is C=CC(=O)N1CC2C(=O)Nc3c(F)c(-c4c(O)cccc4F)cc4c3c(nc(=O)n4-c3c(C)ccnc3C(C)C)N2CC1C. The maximum atomic E-state index is 16.6. The lowest BCUT2D eigenvalue weighted by atomic mass is 9.98. The van der Waals surface area contributed by atoms with Gasteiger partial charge >= 0.3 is 5.69 Å². The molecular weight excluding hydrogens is 570 g/mol. The van der Waals surface area contributed by atoms with Crippen LogP contribution in [-0.4, -0.2) is 61.5 Å². The van der Waals surface area contributed by atoms with Crippen molar-refractivity contribution in [2.24, 2.45) is 0 Å². The number of hydrogen-bond acceptors (Lipinski definition) is 7. The molecule has 10 nitrogen and oxygen atoms in total. The van der Waals surface area contributed by atoms with Crippen LogP contribution in [0.25, 0.3) is 27.7 Å². The number of fused-ring (bicyclic) bond motifs is 2. The van der Waals surface area contributed by atoms with Crippen LogP contribution in [0.3, 0.4) is 0 Å². The van der Waals surface area contributed by atoms with Crippen LogP contribution >= 0.6 is 0 Å². The van der Waals surface area contributed by atoms with Gasteiger partial charge < -0.3 is 20.2 Å². The average Bonchev–Trinajstić information content (AvgIpc) is 3.09. The van der Waals surface area contributed by atoms with Gasteiger partial charge in [0.1, 0.15) is 23.4 Å². The lowest BCUT2D eigenvalue weighted by Crippen LogP contribution is -2.62. The number of nitrogens with zero attached hydrogens (tertiary/aromatic N) is 5. The fraction of sp³-hybridized carbons (Fsp3) is 0.281. The van der Waals surface area contributed by atoms with Gasteiger partial charge in [-0.1, -0.05) is 26.5 Å². The lowest BCUT2D eigenvalue weighted by molar-refractivity contribution is -0.130. The van der Waals surface area contributed by atoms with Crippen molar-refractivity contribution in [2.75, 3.05) is 23.3 Å². The third-order valence-electron chi connectivity index (χ3n) is 8.31. The fourth-order valence-corrected chi connectivity index (χ4v) is 6.20. The quantitative estimate of drug-likeness (QED) is 0.333. The van der Waals surface area contributed by atoms with Crippen LogP contribution in [0.5, 0.6) is 5.75 Å². The van der Waals surface area contributed by atoms with Gasteiger partial charge in [0.25, 0.3) is 0 Å². The minimum absolute atomic E-state index is 0.0491. The zero-order chi connectivity index (χ0) is 31.6. The van der Waals surface area contributed by atoms with E-state index in [0.29, 0.717) is 16.9 Å². The second kappa shape index (κ2) is 10.5. The number of rotatable bonds is 4. The molecule has 2 amide bonds. The van der Waals surface area contributed by atoms with Crippen LogP contribution < -0.4 is 15.9 Å². The van der Waals surface area contributed by atoms with Crippen molar-refractivity contribution >= 4 is 34.2 Å². The fourth-order valence-electron chi connectivity index (χ4n) is 6.20. The molecule has 2 aromatic heterocycles. The van der Waals surface area contributed by atoms with E-state index in [4.69, 9.17) is 0 Å². The van der Waals surface area contributed by atoms with Crippen molar-refractivity contribution < 1.29 is 23.5 Å². The molecule has 4 heterocycles. The number of aryl methyl sites for hydroxylation is 1. The molecule has 2 unspecified atom stereocenters. The number of benzene rings is 2. The van der Waals surface area contributed by atoms with E-state index in [2.05, 4.69) is 21.9 Å². The highest BCUT2D eigenvalue weighted by atomic mass is 19.1. The predicted octanol–water partition coefficient (Wildman–Crippen LogP) is 4.41. The summed E-state index contributed by atoms with van der Waals surface area (Å²) in [6, 6.07) is 5.18. The normalized spacial score (nSPS) is 17.8. The molecule has 2 aliphatic rings. The van der Waals surface area contributed by atoms with E-state index in [1.165, 1.54) is 27.7 Å². The zero-order valence-electron chi connectivity index (χ0n) is 24.6. The number of nitrogens with one attached hydrogen (secondary N) is 1. The van der Waals surface area contributed by atoms with Crippen LogP contribution in [0.15, 0.2) is 54.0 Å². The van der Waals surface area contributed by atoms with E-state index in [1.54, 1.807) is 31.0 Å². The van der Waals surface area contributed by atoms with E-state index >= 15 is 8.78 Å². The summed E-state index contributed by atoms with van der Waals surface area (Å²) < 4.78 is 33.2. The molecule has 0 radical (unpaired) electrons. The van der Waals surface area contributed by atoms with Gasteiger partial charge in [0.05, 0.1) is 40.1 Å². The molecule has 0 aliphatic carbocycles. The number of hydrogen-bond donors (Lipinski definition) is 2. The molecule has 0 spiro atoms. The van der Waals surface area contributed by atoms with Gasteiger partial charge in [0.15, 0.2) is 5.82 Å². The van der Waals surface area contributed by atoms with Crippen LogP contribution in [0.2, 0.25) is 0 Å². The summed E-state index contributed by atoms with van der Waals surface area (Å²) in [4.78, 5) is 52.5. The Hall–Kier alpha value is -5.13. The summed E-state index contributed by atoms with van der Waals surface area (Å²) in [6.45, 7) is 11.0. The highest BCUT2D eigenvalue weighted by Gasteiger charge is 2.42. The summed E-state index contributed by atoms with van der Waals surface area (Å²) >= 11 is 0. The number of carbonyl (C=O) groups excluding carboxylic acids is 2. The lowest BCUT2D eigenvalue weighted by Gasteiger charge is -2.44. The molecule has 2 atom stereocenters. The van der Waals surface area contributed by atoms with Gasteiger partial charge in [0.2, 0.25) is 11.8 Å². The third-order valence-corrected chi connectivity index (χ3v) is 8.31. The molecule has 0 bridgehead atoms. The Kier molecular flexibility index (Phi) is 6.94. The average molecular weight is 601 g/mol. The standard InChI is InChI=1S/C32H30F2N6O4/c1-6-23(42)38-14-21-31(43)36-28-25-20(12-18(26(28)34)24-19(33)8-7-9-22(24)41)40(29-16(4)10-11-35-27(29)15(2)3)32(44)37-30(25)39(21)13-17(38)5/h6-12,15,17,21,41H,1,13-14H2,2-5H3,(H,36,43). The summed E-state index contributed by atoms with van der Waals surface area (Å²) in [6.07, 6.45) is 2.78. The molecule has 44 heavy (non-hydrogen) atoms. The third kappa shape index (κ3) is 4.31. The smallest absolute Gasteiger partial charge is 0.354 e. The Bertz CT molecular complexity index is 1940. The largest absolute Gasteiger partial charge is 0.507 e. The molecule has 0 saturated carbocycles. The first-order valence-corrected chi connectivity index (χ1v) is 14.2. The Labute approximate surface area is 251 Å². The van der Waals surface area contributed by atoms with E-state index in [1.807, 2.05) is 13.8 Å². The number of aromatic hydroxyl groups is 1. The Morgan fingerprint density at radius 1 is 1.20 bits per heavy atom. The van der Waals surface area contributed by atoms with Gasteiger partial charge in [-0.15, -0.1) is 0 Å². The molecular formula is C32H30F2N6O4. The number of halogens is 2. The maximum absolute atomic E-state index is 16.6. The van der Waals surface area contributed by atoms with Gasteiger partial charge in [-0.3, -0.25) is 19.1 Å². The molecule has 2 aromatic carbocycles. The van der Waals surface area contributed by atoms with Gasteiger partial charge in [-0.25, -0.2) is 13.6 Å². The van der Waals surface area contributed by atoms with Crippen molar-refractivity contribution in [2.45, 2.75) is 45.7 Å². The molecule has 2 N–H and O–H groups in total. The second-order valence-electron chi connectivity index (χ2n) is 11.4. The number of aromatic nitrogens is 3. The molecule has 1 saturated heterocycles. The Morgan fingerprint density at radius 3 is 2.64 bits per heavy atom. The number of piperazine rings is 1. The first kappa shape index (κ1) is 29.0.